The molecule has 1 fully saturated rings. The first-order chi connectivity index (χ1) is 7.18. The molecule has 1 aromatic carbocycles. The maximum absolute atomic E-state index is 11.4. The van der Waals surface area contributed by atoms with Crippen molar-refractivity contribution in [3.05, 3.63) is 34.9 Å². The molecule has 0 aliphatic carbocycles. The monoisotopic (exact) mass is 225 g/mol. The van der Waals surface area contributed by atoms with E-state index in [0.29, 0.717) is 11.6 Å². The second-order valence-electron chi connectivity index (χ2n) is 3.59. The molecule has 4 heteroatoms. The zero-order valence-electron chi connectivity index (χ0n) is 8.44. The molecule has 0 spiro atoms. The van der Waals surface area contributed by atoms with Crippen LogP contribution in [0.25, 0.3) is 0 Å². The lowest BCUT2D eigenvalue weighted by atomic mass is 10.1. The first kappa shape index (κ1) is 10.5. The summed E-state index contributed by atoms with van der Waals surface area (Å²) in [7, 11) is 1.80. The molecule has 80 valence electrons. The van der Waals surface area contributed by atoms with E-state index in [9.17, 15) is 4.79 Å². The summed E-state index contributed by atoms with van der Waals surface area (Å²) in [6.45, 7) is 0.727. The predicted molar refractivity (Wildman–Crippen MR) is 57.8 cm³/mol. The van der Waals surface area contributed by atoms with Crippen molar-refractivity contribution in [3.63, 3.8) is 0 Å². The van der Waals surface area contributed by atoms with Gasteiger partial charge in [0.05, 0.1) is 12.6 Å². The average molecular weight is 226 g/mol. The number of amides is 1. The Bertz CT molecular complexity index is 363. The highest BCUT2D eigenvalue weighted by Crippen LogP contribution is 2.24. The van der Waals surface area contributed by atoms with Crippen molar-refractivity contribution in [1.29, 1.82) is 0 Å². The number of carbonyl (C=O) groups excluding carboxylic acids is 1. The van der Waals surface area contributed by atoms with Gasteiger partial charge in [0.2, 0.25) is 5.91 Å². The Balaban J connectivity index is 2.22. The lowest BCUT2D eigenvalue weighted by Crippen LogP contribution is -2.41. The van der Waals surface area contributed by atoms with Gasteiger partial charge in [0.15, 0.2) is 0 Å². The Kier molecular flexibility index (Phi) is 2.93. The predicted octanol–water partition coefficient (Wildman–Crippen LogP) is 1.87. The van der Waals surface area contributed by atoms with E-state index in [0.717, 1.165) is 5.56 Å². The molecule has 0 bridgehead atoms. The minimum atomic E-state index is 0.00326. The molecule has 1 aliphatic heterocycles. The summed E-state index contributed by atoms with van der Waals surface area (Å²) in [6.07, 6.45) is 0. The summed E-state index contributed by atoms with van der Waals surface area (Å²) < 4.78 is 5.23. The van der Waals surface area contributed by atoms with Gasteiger partial charge in [0.1, 0.15) is 6.61 Å². The number of carbonyl (C=O) groups is 1. The van der Waals surface area contributed by atoms with Crippen LogP contribution in [0.2, 0.25) is 5.02 Å². The SMILES string of the molecule is CN1C(=O)COCC1c1ccc(Cl)cc1. The smallest absolute Gasteiger partial charge is 0.248 e. The third-order valence-electron chi connectivity index (χ3n) is 2.62. The Morgan fingerprint density at radius 2 is 2.07 bits per heavy atom. The van der Waals surface area contributed by atoms with Gasteiger partial charge < -0.3 is 9.64 Å². The number of ether oxygens (including phenoxy) is 1. The first-order valence-corrected chi connectivity index (χ1v) is 5.15. The first-order valence-electron chi connectivity index (χ1n) is 4.77. The van der Waals surface area contributed by atoms with E-state index >= 15 is 0 Å². The van der Waals surface area contributed by atoms with E-state index in [1.165, 1.54) is 0 Å². The number of morpholine rings is 1. The van der Waals surface area contributed by atoms with Crippen molar-refractivity contribution < 1.29 is 9.53 Å². The zero-order chi connectivity index (χ0) is 10.8. The van der Waals surface area contributed by atoms with Crippen molar-refractivity contribution in [1.82, 2.24) is 4.90 Å². The van der Waals surface area contributed by atoms with Gasteiger partial charge in [-0.05, 0) is 17.7 Å². The molecule has 0 saturated carbocycles. The minimum Gasteiger partial charge on any atom is -0.369 e. The Hall–Kier alpha value is -1.06. The van der Waals surface area contributed by atoms with Gasteiger partial charge in [0, 0.05) is 12.1 Å². The molecule has 1 heterocycles. The maximum atomic E-state index is 11.4. The van der Waals surface area contributed by atoms with Gasteiger partial charge in [-0.3, -0.25) is 4.79 Å². The molecule has 1 unspecified atom stereocenters. The van der Waals surface area contributed by atoms with Gasteiger partial charge in [-0.25, -0.2) is 0 Å². The molecule has 2 rings (SSSR count). The highest BCUT2D eigenvalue weighted by Gasteiger charge is 2.26. The van der Waals surface area contributed by atoms with Crippen LogP contribution in [0.15, 0.2) is 24.3 Å². The topological polar surface area (TPSA) is 29.5 Å². The fraction of sp³-hybridized carbons (Fsp3) is 0.364. The van der Waals surface area contributed by atoms with Crippen LogP contribution in [-0.2, 0) is 9.53 Å². The van der Waals surface area contributed by atoms with Gasteiger partial charge in [0.25, 0.3) is 0 Å². The van der Waals surface area contributed by atoms with Crippen LogP contribution in [0.5, 0.6) is 0 Å². The normalized spacial score (nSPS) is 21.9. The van der Waals surface area contributed by atoms with Crippen LogP contribution >= 0.6 is 11.6 Å². The van der Waals surface area contributed by atoms with Gasteiger partial charge in [-0.2, -0.15) is 0 Å². The lowest BCUT2D eigenvalue weighted by molar-refractivity contribution is -0.146. The summed E-state index contributed by atoms with van der Waals surface area (Å²) in [4.78, 5) is 13.1. The van der Waals surface area contributed by atoms with Crippen LogP contribution in [0.3, 0.4) is 0 Å². The highest BCUT2D eigenvalue weighted by molar-refractivity contribution is 6.30. The molecule has 1 aliphatic rings. The van der Waals surface area contributed by atoms with E-state index in [4.69, 9.17) is 16.3 Å². The van der Waals surface area contributed by atoms with Crippen LogP contribution in [0.1, 0.15) is 11.6 Å². The average Bonchev–Trinajstić information content (AvgIpc) is 2.24. The van der Waals surface area contributed by atoms with E-state index in [2.05, 4.69) is 0 Å². The Morgan fingerprint density at radius 3 is 2.73 bits per heavy atom. The molecule has 15 heavy (non-hydrogen) atoms. The number of hydrogen-bond acceptors (Lipinski definition) is 2. The molecule has 1 saturated heterocycles. The summed E-state index contributed by atoms with van der Waals surface area (Å²) in [5.74, 6) is 0.0150. The second kappa shape index (κ2) is 4.21. The summed E-state index contributed by atoms with van der Waals surface area (Å²) in [5.41, 5.74) is 1.05. The van der Waals surface area contributed by atoms with E-state index < -0.39 is 0 Å². The molecule has 1 amide bonds. The summed E-state index contributed by atoms with van der Waals surface area (Å²) in [5, 5.41) is 0.699. The fourth-order valence-electron chi connectivity index (χ4n) is 1.65. The Morgan fingerprint density at radius 1 is 1.40 bits per heavy atom. The molecular formula is C11H12ClNO2. The lowest BCUT2D eigenvalue weighted by Gasteiger charge is -2.32. The maximum Gasteiger partial charge on any atom is 0.248 e. The molecular weight excluding hydrogens is 214 g/mol. The number of nitrogens with zero attached hydrogens (tertiary/aromatic N) is 1. The largest absolute Gasteiger partial charge is 0.369 e. The number of rotatable bonds is 1. The number of likely N-dealkylation sites (N-methyl/N-ethyl adjacent to an activating group) is 1. The third kappa shape index (κ3) is 2.13. The summed E-state index contributed by atoms with van der Waals surface area (Å²) in [6, 6.07) is 7.49. The zero-order valence-corrected chi connectivity index (χ0v) is 9.20. The van der Waals surface area contributed by atoms with Crippen LogP contribution in [0.4, 0.5) is 0 Å². The van der Waals surface area contributed by atoms with E-state index in [1.807, 2.05) is 24.3 Å². The highest BCUT2D eigenvalue weighted by atomic mass is 35.5. The van der Waals surface area contributed by atoms with Crippen molar-refractivity contribution in [2.45, 2.75) is 6.04 Å². The van der Waals surface area contributed by atoms with Crippen molar-refractivity contribution in [2.24, 2.45) is 0 Å². The minimum absolute atomic E-state index is 0.00326. The van der Waals surface area contributed by atoms with E-state index in [1.54, 1.807) is 11.9 Å². The third-order valence-corrected chi connectivity index (χ3v) is 2.87. The van der Waals surface area contributed by atoms with Crippen molar-refractivity contribution in [2.75, 3.05) is 20.3 Å². The quantitative estimate of drug-likeness (QED) is 0.730. The van der Waals surface area contributed by atoms with Crippen molar-refractivity contribution in [3.8, 4) is 0 Å². The molecule has 0 aromatic heterocycles. The van der Waals surface area contributed by atoms with Crippen molar-refractivity contribution >= 4 is 17.5 Å². The van der Waals surface area contributed by atoms with Crippen LogP contribution in [0, 0.1) is 0 Å². The second-order valence-corrected chi connectivity index (χ2v) is 4.02. The number of halogens is 1. The molecule has 1 aromatic rings. The number of benzene rings is 1. The summed E-state index contributed by atoms with van der Waals surface area (Å²) >= 11 is 5.80. The molecule has 3 nitrogen and oxygen atoms in total. The fourth-order valence-corrected chi connectivity index (χ4v) is 1.78. The van der Waals surface area contributed by atoms with Gasteiger partial charge in [-0.1, -0.05) is 23.7 Å². The number of hydrogen-bond donors (Lipinski definition) is 0. The van der Waals surface area contributed by atoms with Gasteiger partial charge >= 0.3 is 0 Å². The standard InChI is InChI=1S/C11H12ClNO2/c1-13-10(6-15-7-11(13)14)8-2-4-9(12)5-3-8/h2-5,10H,6-7H2,1H3. The van der Waals surface area contributed by atoms with Gasteiger partial charge in [-0.15, -0.1) is 0 Å². The van der Waals surface area contributed by atoms with E-state index in [-0.39, 0.29) is 18.6 Å². The molecule has 0 radical (unpaired) electrons. The van der Waals surface area contributed by atoms with Crippen LogP contribution < -0.4 is 0 Å². The molecule has 0 N–H and O–H groups in total. The molecule has 1 atom stereocenters. The van der Waals surface area contributed by atoms with Crippen LogP contribution in [-0.4, -0.2) is 31.1 Å². The Labute approximate surface area is 93.6 Å².